The van der Waals surface area contributed by atoms with E-state index in [9.17, 15) is 8.42 Å². The quantitative estimate of drug-likeness (QED) is 0.514. The Kier molecular flexibility index (Phi) is 6.53. The number of hydrogen-bond donors (Lipinski definition) is 0. The van der Waals surface area contributed by atoms with E-state index in [2.05, 4.69) is 6.07 Å². The van der Waals surface area contributed by atoms with Crippen molar-refractivity contribution < 1.29 is 17.3 Å². The highest BCUT2D eigenvalue weighted by atomic mass is 32.2. The van der Waals surface area contributed by atoms with Crippen LogP contribution in [-0.2, 0) is 23.0 Å². The molecule has 0 fully saturated rings. The zero-order valence-corrected chi connectivity index (χ0v) is 16.9. The molecule has 0 atom stereocenters. The number of nitrogens with zero attached hydrogens (tertiary/aromatic N) is 1. The van der Waals surface area contributed by atoms with Crippen molar-refractivity contribution in [2.24, 2.45) is 0 Å². The monoisotopic (exact) mass is 407 g/mol. The second-order valence-electron chi connectivity index (χ2n) is 6.42. The molecule has 29 heavy (non-hydrogen) atoms. The lowest BCUT2D eigenvalue weighted by Gasteiger charge is -2.12. The lowest BCUT2D eigenvalue weighted by molar-refractivity contribution is 0.320. The summed E-state index contributed by atoms with van der Waals surface area (Å²) >= 11 is 0. The maximum absolute atomic E-state index is 12.5. The molecule has 0 heterocycles. The molecule has 0 spiro atoms. The van der Waals surface area contributed by atoms with Gasteiger partial charge in [0.2, 0.25) is 0 Å². The van der Waals surface area contributed by atoms with E-state index in [0.717, 1.165) is 11.1 Å². The van der Waals surface area contributed by atoms with E-state index in [1.807, 2.05) is 25.1 Å². The van der Waals surface area contributed by atoms with Crippen LogP contribution in [0.1, 0.15) is 23.6 Å². The van der Waals surface area contributed by atoms with Gasteiger partial charge in [0, 0.05) is 12.5 Å². The summed E-state index contributed by atoms with van der Waals surface area (Å²) in [6.45, 7) is 2.40. The maximum Gasteiger partial charge on any atom is 0.339 e. The molecule has 0 aliphatic rings. The fraction of sp³-hybridized carbons (Fsp3) is 0.174. The molecule has 0 bridgehead atoms. The fourth-order valence-electron chi connectivity index (χ4n) is 2.76. The summed E-state index contributed by atoms with van der Waals surface area (Å²) in [5, 5.41) is 8.85. The highest BCUT2D eigenvalue weighted by molar-refractivity contribution is 7.87. The van der Waals surface area contributed by atoms with Crippen molar-refractivity contribution in [2.75, 3.05) is 6.61 Å². The predicted octanol–water partition coefficient (Wildman–Crippen LogP) is 4.51. The number of nitriles is 1. The van der Waals surface area contributed by atoms with Crippen LogP contribution in [0, 0.1) is 11.3 Å². The molecule has 6 heteroatoms. The van der Waals surface area contributed by atoms with Crippen LogP contribution in [0.4, 0.5) is 0 Å². The van der Waals surface area contributed by atoms with Crippen molar-refractivity contribution in [2.45, 2.75) is 24.7 Å². The Hall–Kier alpha value is -3.30. The first kappa shape index (κ1) is 20.4. The summed E-state index contributed by atoms with van der Waals surface area (Å²) in [7, 11) is -3.91. The smallest absolute Gasteiger partial charge is 0.339 e. The van der Waals surface area contributed by atoms with E-state index in [1.54, 1.807) is 42.5 Å². The molecular weight excluding hydrogens is 386 g/mol. The molecule has 0 aliphatic heterocycles. The van der Waals surface area contributed by atoms with Crippen LogP contribution in [0.3, 0.4) is 0 Å². The molecule has 0 saturated heterocycles. The van der Waals surface area contributed by atoms with E-state index < -0.39 is 10.1 Å². The van der Waals surface area contributed by atoms with Gasteiger partial charge in [-0.3, -0.25) is 0 Å². The minimum absolute atomic E-state index is 0.102. The summed E-state index contributed by atoms with van der Waals surface area (Å²) in [5.74, 6) is 0.776. The van der Waals surface area contributed by atoms with Gasteiger partial charge in [-0.15, -0.1) is 0 Å². The topological polar surface area (TPSA) is 76.4 Å². The Morgan fingerprint density at radius 2 is 1.59 bits per heavy atom. The average Bonchev–Trinajstić information content (AvgIpc) is 2.74. The molecule has 0 amide bonds. The van der Waals surface area contributed by atoms with Gasteiger partial charge >= 0.3 is 10.1 Å². The zero-order chi connectivity index (χ0) is 20.7. The molecule has 5 nitrogen and oxygen atoms in total. The van der Waals surface area contributed by atoms with E-state index in [0.29, 0.717) is 30.8 Å². The van der Waals surface area contributed by atoms with Crippen molar-refractivity contribution in [1.29, 1.82) is 5.26 Å². The Balaban J connectivity index is 1.70. The molecule has 148 valence electrons. The van der Waals surface area contributed by atoms with Crippen molar-refractivity contribution in [3.05, 3.63) is 89.5 Å². The van der Waals surface area contributed by atoms with Crippen LogP contribution in [0.5, 0.6) is 11.5 Å². The highest BCUT2D eigenvalue weighted by Gasteiger charge is 2.17. The molecule has 0 aliphatic carbocycles. The highest BCUT2D eigenvalue weighted by Crippen LogP contribution is 2.26. The van der Waals surface area contributed by atoms with Gasteiger partial charge in [0.25, 0.3) is 0 Å². The summed E-state index contributed by atoms with van der Waals surface area (Å²) in [6, 6.07) is 22.6. The molecule has 3 rings (SSSR count). The minimum atomic E-state index is -3.91. The van der Waals surface area contributed by atoms with Gasteiger partial charge < -0.3 is 8.92 Å². The molecule has 0 radical (unpaired) electrons. The van der Waals surface area contributed by atoms with E-state index in [-0.39, 0.29) is 10.6 Å². The van der Waals surface area contributed by atoms with Crippen molar-refractivity contribution in [3.8, 4) is 17.6 Å². The maximum atomic E-state index is 12.5. The third-order valence-electron chi connectivity index (χ3n) is 4.33. The van der Waals surface area contributed by atoms with Crippen molar-refractivity contribution in [1.82, 2.24) is 0 Å². The van der Waals surface area contributed by atoms with Gasteiger partial charge in [0.1, 0.15) is 16.4 Å². The Bertz CT molecular complexity index is 1100. The van der Waals surface area contributed by atoms with E-state index in [1.165, 1.54) is 12.1 Å². The normalized spacial score (nSPS) is 10.9. The number of ether oxygens (including phenoxy) is 1. The summed E-state index contributed by atoms with van der Waals surface area (Å²) < 4.78 is 36.1. The predicted molar refractivity (Wildman–Crippen MR) is 110 cm³/mol. The first-order valence-corrected chi connectivity index (χ1v) is 10.7. The van der Waals surface area contributed by atoms with Crippen LogP contribution < -0.4 is 8.92 Å². The molecular formula is C23H21NO4S. The second kappa shape index (κ2) is 9.26. The van der Waals surface area contributed by atoms with Gasteiger partial charge in [0.15, 0.2) is 0 Å². The van der Waals surface area contributed by atoms with Gasteiger partial charge in [-0.2, -0.15) is 13.7 Å². The molecule has 0 unspecified atom stereocenters. The molecule has 3 aromatic rings. The number of aryl methyl sites for hydroxylation is 1. The molecule has 0 N–H and O–H groups in total. The largest absolute Gasteiger partial charge is 0.493 e. The zero-order valence-electron chi connectivity index (χ0n) is 16.0. The standard InChI is InChI=1S/C23H21NO4S/c1-2-18-14-21(27-13-12-19-8-10-20(17-24)11-9-19)16-22(15-18)28-29(25,26)23-6-4-3-5-7-23/h3-11,14-16H,2,12-13H2,1H3. The second-order valence-corrected chi connectivity index (χ2v) is 7.97. The van der Waals surface area contributed by atoms with E-state index in [4.69, 9.17) is 14.2 Å². The molecule has 0 aromatic heterocycles. The lowest BCUT2D eigenvalue weighted by atomic mass is 10.1. The lowest BCUT2D eigenvalue weighted by Crippen LogP contribution is -2.10. The number of rotatable bonds is 8. The number of benzene rings is 3. The summed E-state index contributed by atoms with van der Waals surface area (Å²) in [5.41, 5.74) is 2.59. The Morgan fingerprint density at radius 1 is 0.897 bits per heavy atom. The van der Waals surface area contributed by atoms with Crippen molar-refractivity contribution in [3.63, 3.8) is 0 Å². The SMILES string of the molecule is CCc1cc(OCCc2ccc(C#N)cc2)cc(OS(=O)(=O)c2ccccc2)c1. The van der Waals surface area contributed by atoms with Gasteiger partial charge in [0.05, 0.1) is 18.2 Å². The van der Waals surface area contributed by atoms with Crippen LogP contribution >= 0.6 is 0 Å². The number of hydrogen-bond acceptors (Lipinski definition) is 5. The molecule has 0 saturated carbocycles. The molecule has 3 aromatic carbocycles. The van der Waals surface area contributed by atoms with Crippen LogP contribution in [0.2, 0.25) is 0 Å². The summed E-state index contributed by atoms with van der Waals surface area (Å²) in [4.78, 5) is 0.102. The first-order valence-electron chi connectivity index (χ1n) is 9.25. The van der Waals surface area contributed by atoms with Crippen LogP contribution in [0.25, 0.3) is 0 Å². The third kappa shape index (κ3) is 5.59. The Labute approximate surface area is 171 Å². The average molecular weight is 407 g/mol. The first-order chi connectivity index (χ1) is 14.0. The van der Waals surface area contributed by atoms with Gasteiger partial charge in [-0.1, -0.05) is 37.3 Å². The van der Waals surface area contributed by atoms with Gasteiger partial charge in [-0.05, 0) is 53.9 Å². The third-order valence-corrected chi connectivity index (χ3v) is 5.59. The summed E-state index contributed by atoms with van der Waals surface area (Å²) in [6.07, 6.45) is 1.38. The van der Waals surface area contributed by atoms with E-state index >= 15 is 0 Å². The fourth-order valence-corrected chi connectivity index (χ4v) is 3.70. The Morgan fingerprint density at radius 3 is 2.24 bits per heavy atom. The van der Waals surface area contributed by atoms with Crippen LogP contribution in [-0.4, -0.2) is 15.0 Å². The van der Waals surface area contributed by atoms with Gasteiger partial charge in [-0.25, -0.2) is 0 Å². The van der Waals surface area contributed by atoms with Crippen molar-refractivity contribution >= 4 is 10.1 Å². The van der Waals surface area contributed by atoms with Crippen LogP contribution in [0.15, 0.2) is 77.7 Å². The minimum Gasteiger partial charge on any atom is -0.493 e.